The third-order valence-electron chi connectivity index (χ3n) is 5.62. The van der Waals surface area contributed by atoms with E-state index >= 15 is 0 Å². The minimum Gasteiger partial charge on any atom is -0.497 e. The Labute approximate surface area is 172 Å². The van der Waals surface area contributed by atoms with Crippen LogP contribution in [-0.2, 0) is 17.7 Å². The molecule has 1 fully saturated rings. The van der Waals surface area contributed by atoms with Gasteiger partial charge >= 0.3 is 0 Å². The molecule has 0 N–H and O–H groups in total. The molecule has 0 radical (unpaired) electrons. The summed E-state index contributed by atoms with van der Waals surface area (Å²) < 4.78 is 7.73. The molecule has 1 aromatic heterocycles. The standard InChI is InChI=1S/C24H30N2OS/c1-24(2,3)23-25-21-14-20(28-16-18-8-10-19(27-4)11-9-18)12-13-22(21)26(23)15-17-6-5-7-17/h8-14,17H,5-7,15-16H2,1-4H3. The first-order valence-corrected chi connectivity index (χ1v) is 11.2. The van der Waals surface area contributed by atoms with Crippen LogP contribution in [0.2, 0.25) is 0 Å². The lowest BCUT2D eigenvalue weighted by atomic mass is 9.85. The van der Waals surface area contributed by atoms with Crippen molar-refractivity contribution >= 4 is 22.8 Å². The molecule has 1 aliphatic rings. The van der Waals surface area contributed by atoms with Gasteiger partial charge in [0.1, 0.15) is 11.6 Å². The topological polar surface area (TPSA) is 27.1 Å². The molecule has 3 aromatic rings. The zero-order valence-corrected chi connectivity index (χ0v) is 18.2. The second-order valence-electron chi connectivity index (χ2n) is 8.88. The molecule has 28 heavy (non-hydrogen) atoms. The molecule has 0 atom stereocenters. The average molecular weight is 395 g/mol. The molecule has 0 spiro atoms. The van der Waals surface area contributed by atoms with Crippen molar-refractivity contribution in [2.24, 2.45) is 5.92 Å². The van der Waals surface area contributed by atoms with Gasteiger partial charge in [0.15, 0.2) is 0 Å². The van der Waals surface area contributed by atoms with Crippen molar-refractivity contribution in [1.82, 2.24) is 9.55 Å². The van der Waals surface area contributed by atoms with Crippen LogP contribution in [0.3, 0.4) is 0 Å². The lowest BCUT2D eigenvalue weighted by Gasteiger charge is -2.29. The SMILES string of the molecule is COc1ccc(CSc2ccc3c(c2)nc(C(C)(C)C)n3CC2CCC2)cc1. The maximum absolute atomic E-state index is 5.24. The molecule has 0 amide bonds. The molecule has 3 nitrogen and oxygen atoms in total. The summed E-state index contributed by atoms with van der Waals surface area (Å²) in [7, 11) is 1.70. The van der Waals surface area contributed by atoms with E-state index in [1.807, 2.05) is 23.9 Å². The Morgan fingerprint density at radius 2 is 1.86 bits per heavy atom. The maximum Gasteiger partial charge on any atom is 0.118 e. The quantitative estimate of drug-likeness (QED) is 0.450. The summed E-state index contributed by atoms with van der Waals surface area (Å²) in [6.45, 7) is 7.92. The van der Waals surface area contributed by atoms with E-state index in [2.05, 4.69) is 55.7 Å². The van der Waals surface area contributed by atoms with Gasteiger partial charge in [-0.15, -0.1) is 11.8 Å². The molecule has 2 aromatic carbocycles. The number of nitrogens with zero attached hydrogens (tertiary/aromatic N) is 2. The van der Waals surface area contributed by atoms with Crippen molar-refractivity contribution in [1.29, 1.82) is 0 Å². The Bertz CT molecular complexity index is 949. The second kappa shape index (κ2) is 7.82. The third-order valence-corrected chi connectivity index (χ3v) is 6.69. The number of hydrogen-bond acceptors (Lipinski definition) is 3. The maximum atomic E-state index is 5.24. The number of thioether (sulfide) groups is 1. The molecule has 4 heteroatoms. The Balaban J connectivity index is 1.57. The second-order valence-corrected chi connectivity index (χ2v) is 9.93. The Kier molecular flexibility index (Phi) is 5.42. The van der Waals surface area contributed by atoms with Gasteiger partial charge in [0.25, 0.3) is 0 Å². The average Bonchev–Trinajstić information content (AvgIpc) is 3.01. The van der Waals surface area contributed by atoms with Crippen LogP contribution in [0.5, 0.6) is 5.75 Å². The zero-order chi connectivity index (χ0) is 19.7. The normalized spacial score (nSPS) is 15.0. The summed E-state index contributed by atoms with van der Waals surface area (Å²) in [4.78, 5) is 6.34. The smallest absolute Gasteiger partial charge is 0.118 e. The first-order valence-electron chi connectivity index (χ1n) is 10.2. The molecule has 1 saturated carbocycles. The molecule has 0 aliphatic heterocycles. The number of hydrogen-bond donors (Lipinski definition) is 0. The molecular formula is C24H30N2OS. The van der Waals surface area contributed by atoms with Crippen molar-refractivity contribution in [2.75, 3.05) is 7.11 Å². The molecule has 1 heterocycles. The fourth-order valence-electron chi connectivity index (χ4n) is 3.78. The predicted molar refractivity (Wildman–Crippen MR) is 118 cm³/mol. The minimum absolute atomic E-state index is 0.0547. The van der Waals surface area contributed by atoms with E-state index in [0.717, 1.165) is 29.5 Å². The van der Waals surface area contributed by atoms with Crippen LogP contribution in [0.15, 0.2) is 47.4 Å². The molecule has 0 unspecified atom stereocenters. The minimum atomic E-state index is 0.0547. The number of benzene rings is 2. The van der Waals surface area contributed by atoms with Crippen molar-refractivity contribution in [3.8, 4) is 5.75 Å². The summed E-state index contributed by atoms with van der Waals surface area (Å²) in [5.41, 5.74) is 3.77. The van der Waals surface area contributed by atoms with Crippen LogP contribution in [0.4, 0.5) is 0 Å². The summed E-state index contributed by atoms with van der Waals surface area (Å²) >= 11 is 1.86. The molecule has 1 aliphatic carbocycles. The number of fused-ring (bicyclic) bond motifs is 1. The number of aromatic nitrogens is 2. The molecule has 4 rings (SSSR count). The van der Waals surface area contributed by atoms with Crippen molar-refractivity contribution in [2.45, 2.75) is 62.6 Å². The van der Waals surface area contributed by atoms with Crippen LogP contribution in [0.1, 0.15) is 51.4 Å². The molecule has 0 saturated heterocycles. The van der Waals surface area contributed by atoms with Gasteiger partial charge in [0, 0.05) is 22.6 Å². The van der Waals surface area contributed by atoms with E-state index in [9.17, 15) is 0 Å². The summed E-state index contributed by atoms with van der Waals surface area (Å²) in [5.74, 6) is 3.89. The van der Waals surface area contributed by atoms with Crippen molar-refractivity contribution in [3.05, 3.63) is 53.9 Å². The van der Waals surface area contributed by atoms with Gasteiger partial charge in [-0.3, -0.25) is 0 Å². The number of methoxy groups -OCH3 is 1. The van der Waals surface area contributed by atoms with Gasteiger partial charge in [0.2, 0.25) is 0 Å². The lowest BCUT2D eigenvalue weighted by Crippen LogP contribution is -2.24. The fraction of sp³-hybridized carbons (Fsp3) is 0.458. The highest BCUT2D eigenvalue weighted by Gasteiger charge is 2.26. The third kappa shape index (κ3) is 4.07. The summed E-state index contributed by atoms with van der Waals surface area (Å²) in [6.07, 6.45) is 4.10. The number of imidazole rings is 1. The van der Waals surface area contributed by atoms with Gasteiger partial charge in [-0.1, -0.05) is 39.3 Å². The van der Waals surface area contributed by atoms with E-state index in [4.69, 9.17) is 9.72 Å². The first kappa shape index (κ1) is 19.4. The predicted octanol–water partition coefficient (Wildman–Crippen LogP) is 6.43. The zero-order valence-electron chi connectivity index (χ0n) is 17.4. The molecule has 0 bridgehead atoms. The van der Waals surface area contributed by atoms with Gasteiger partial charge in [-0.25, -0.2) is 4.98 Å². The lowest BCUT2D eigenvalue weighted by molar-refractivity contribution is 0.272. The van der Waals surface area contributed by atoms with Gasteiger partial charge in [-0.2, -0.15) is 0 Å². The Morgan fingerprint density at radius 1 is 1.11 bits per heavy atom. The monoisotopic (exact) mass is 394 g/mol. The van der Waals surface area contributed by atoms with E-state index in [1.165, 1.54) is 41.1 Å². The van der Waals surface area contributed by atoms with E-state index in [-0.39, 0.29) is 5.41 Å². The van der Waals surface area contributed by atoms with Crippen molar-refractivity contribution in [3.63, 3.8) is 0 Å². The van der Waals surface area contributed by atoms with Crippen LogP contribution in [-0.4, -0.2) is 16.7 Å². The van der Waals surface area contributed by atoms with Gasteiger partial charge in [-0.05, 0) is 54.7 Å². The first-order chi connectivity index (χ1) is 13.4. The van der Waals surface area contributed by atoms with Crippen molar-refractivity contribution < 1.29 is 4.74 Å². The van der Waals surface area contributed by atoms with E-state index in [0.29, 0.717) is 0 Å². The molecular weight excluding hydrogens is 364 g/mol. The summed E-state index contributed by atoms with van der Waals surface area (Å²) in [5, 5.41) is 0. The largest absolute Gasteiger partial charge is 0.497 e. The molecule has 148 valence electrons. The van der Waals surface area contributed by atoms with Crippen LogP contribution < -0.4 is 4.74 Å². The Hall–Kier alpha value is -1.94. The highest BCUT2D eigenvalue weighted by atomic mass is 32.2. The van der Waals surface area contributed by atoms with E-state index in [1.54, 1.807) is 7.11 Å². The Morgan fingerprint density at radius 3 is 2.46 bits per heavy atom. The van der Waals surface area contributed by atoms with Crippen LogP contribution in [0, 0.1) is 5.92 Å². The fourth-order valence-corrected chi connectivity index (χ4v) is 4.66. The van der Waals surface area contributed by atoms with E-state index < -0.39 is 0 Å². The van der Waals surface area contributed by atoms with Crippen LogP contribution in [0.25, 0.3) is 11.0 Å². The summed E-state index contributed by atoms with van der Waals surface area (Å²) in [6, 6.07) is 15.1. The van der Waals surface area contributed by atoms with Gasteiger partial charge in [0.05, 0.1) is 18.1 Å². The highest BCUT2D eigenvalue weighted by Crippen LogP contribution is 2.34. The highest BCUT2D eigenvalue weighted by molar-refractivity contribution is 7.98. The van der Waals surface area contributed by atoms with Gasteiger partial charge < -0.3 is 9.30 Å². The van der Waals surface area contributed by atoms with Crippen LogP contribution >= 0.6 is 11.8 Å². The number of ether oxygens (including phenoxy) is 1. The number of rotatable bonds is 6.